The Balaban J connectivity index is 2.37. The van der Waals surface area contributed by atoms with Crippen molar-refractivity contribution in [1.29, 1.82) is 0 Å². The Morgan fingerprint density at radius 2 is 2.00 bits per heavy atom. The summed E-state index contributed by atoms with van der Waals surface area (Å²) in [6.45, 7) is 4.55. The molecular formula is C17H16ClN3O. The molecule has 2 heterocycles. The fourth-order valence-electron chi connectivity index (χ4n) is 2.52. The molecule has 0 fully saturated rings. The first kappa shape index (κ1) is 14.7. The number of hydrogen-bond acceptors (Lipinski definition) is 3. The maximum atomic E-state index is 12.4. The Hall–Kier alpha value is -2.20. The average Bonchev–Trinajstić information content (AvgIpc) is 2.50. The molecule has 1 aromatic carbocycles. The number of rotatable bonds is 3. The van der Waals surface area contributed by atoms with Gasteiger partial charge >= 0.3 is 5.69 Å². The van der Waals surface area contributed by atoms with Crippen molar-refractivity contribution in [2.24, 2.45) is 0 Å². The molecule has 22 heavy (non-hydrogen) atoms. The van der Waals surface area contributed by atoms with Crippen molar-refractivity contribution in [2.75, 3.05) is 0 Å². The molecule has 0 saturated carbocycles. The highest BCUT2D eigenvalue weighted by Gasteiger charge is 2.13. The molecule has 4 nitrogen and oxygen atoms in total. The van der Waals surface area contributed by atoms with E-state index in [4.69, 9.17) is 11.6 Å². The highest BCUT2D eigenvalue weighted by atomic mass is 35.5. The zero-order valence-electron chi connectivity index (χ0n) is 12.5. The molecule has 3 aromatic rings. The van der Waals surface area contributed by atoms with Gasteiger partial charge in [0.1, 0.15) is 5.65 Å². The molecule has 0 aliphatic heterocycles. The van der Waals surface area contributed by atoms with Crippen molar-refractivity contribution < 1.29 is 0 Å². The van der Waals surface area contributed by atoms with Crippen LogP contribution in [0.3, 0.4) is 0 Å². The van der Waals surface area contributed by atoms with Crippen LogP contribution in [0.2, 0.25) is 5.02 Å². The summed E-state index contributed by atoms with van der Waals surface area (Å²) >= 11 is 6.07. The zero-order valence-corrected chi connectivity index (χ0v) is 13.3. The molecule has 0 N–H and O–H groups in total. The monoisotopic (exact) mass is 313 g/mol. The summed E-state index contributed by atoms with van der Waals surface area (Å²) in [5.41, 5.74) is 2.73. The van der Waals surface area contributed by atoms with Crippen molar-refractivity contribution in [3.63, 3.8) is 0 Å². The van der Waals surface area contributed by atoms with E-state index >= 15 is 0 Å². The van der Waals surface area contributed by atoms with Gasteiger partial charge in [0.2, 0.25) is 0 Å². The van der Waals surface area contributed by atoms with Gasteiger partial charge in [-0.2, -0.15) is 4.98 Å². The second-order valence-electron chi connectivity index (χ2n) is 5.23. The van der Waals surface area contributed by atoms with E-state index < -0.39 is 0 Å². The largest absolute Gasteiger partial charge is 0.349 e. The molecule has 0 radical (unpaired) electrons. The number of aryl methyl sites for hydroxylation is 2. The van der Waals surface area contributed by atoms with Crippen LogP contribution in [0.15, 0.2) is 41.2 Å². The molecule has 0 amide bonds. The van der Waals surface area contributed by atoms with E-state index in [0.717, 1.165) is 23.1 Å². The van der Waals surface area contributed by atoms with Gasteiger partial charge in [0.05, 0.1) is 5.69 Å². The van der Waals surface area contributed by atoms with Crippen molar-refractivity contribution in [2.45, 2.75) is 26.8 Å². The molecule has 0 bridgehead atoms. The van der Waals surface area contributed by atoms with Crippen LogP contribution in [-0.4, -0.2) is 14.5 Å². The third-order valence-electron chi connectivity index (χ3n) is 3.51. The topological polar surface area (TPSA) is 47.8 Å². The minimum Gasteiger partial charge on any atom is -0.276 e. The van der Waals surface area contributed by atoms with Gasteiger partial charge in [-0.25, -0.2) is 9.78 Å². The molecule has 3 rings (SSSR count). The lowest BCUT2D eigenvalue weighted by Crippen LogP contribution is -2.24. The smallest absolute Gasteiger partial charge is 0.276 e. The second kappa shape index (κ2) is 5.89. The van der Waals surface area contributed by atoms with Gasteiger partial charge in [-0.15, -0.1) is 0 Å². The van der Waals surface area contributed by atoms with E-state index in [0.29, 0.717) is 22.9 Å². The van der Waals surface area contributed by atoms with Crippen molar-refractivity contribution >= 4 is 22.6 Å². The van der Waals surface area contributed by atoms with Crippen LogP contribution >= 0.6 is 11.6 Å². The van der Waals surface area contributed by atoms with E-state index in [2.05, 4.69) is 9.97 Å². The molecule has 0 atom stereocenters. The minimum absolute atomic E-state index is 0.276. The van der Waals surface area contributed by atoms with Crippen molar-refractivity contribution in [3.05, 3.63) is 57.6 Å². The summed E-state index contributed by atoms with van der Waals surface area (Å²) in [4.78, 5) is 21.2. The first-order valence-electron chi connectivity index (χ1n) is 7.24. The zero-order chi connectivity index (χ0) is 15.7. The molecule has 0 saturated heterocycles. The summed E-state index contributed by atoms with van der Waals surface area (Å²) in [7, 11) is 0. The van der Waals surface area contributed by atoms with Gasteiger partial charge in [0, 0.05) is 28.2 Å². The van der Waals surface area contributed by atoms with Crippen LogP contribution in [0.25, 0.3) is 22.3 Å². The van der Waals surface area contributed by atoms with E-state index in [-0.39, 0.29) is 5.69 Å². The Morgan fingerprint density at radius 3 is 2.73 bits per heavy atom. The summed E-state index contributed by atoms with van der Waals surface area (Å²) in [5, 5.41) is 1.48. The summed E-state index contributed by atoms with van der Waals surface area (Å²) in [5.74, 6) is 0. The molecule has 0 aliphatic carbocycles. The highest BCUT2D eigenvalue weighted by molar-refractivity contribution is 6.30. The number of benzene rings is 1. The van der Waals surface area contributed by atoms with Gasteiger partial charge in [-0.1, -0.05) is 30.7 Å². The van der Waals surface area contributed by atoms with Crippen LogP contribution in [0.5, 0.6) is 0 Å². The highest BCUT2D eigenvalue weighted by Crippen LogP contribution is 2.26. The maximum Gasteiger partial charge on any atom is 0.349 e. The van der Waals surface area contributed by atoms with E-state index in [9.17, 15) is 4.79 Å². The fourth-order valence-corrected chi connectivity index (χ4v) is 2.71. The molecular weight excluding hydrogens is 298 g/mol. The standard InChI is InChI=1S/C17H16ClN3O/c1-3-9-21-16-14(8-7-11(2)19-16)15(20-17(21)22)12-5-4-6-13(18)10-12/h4-8,10H,3,9H2,1-2H3. The number of aromatic nitrogens is 3. The van der Waals surface area contributed by atoms with Crippen LogP contribution in [0.4, 0.5) is 0 Å². The second-order valence-corrected chi connectivity index (χ2v) is 5.67. The van der Waals surface area contributed by atoms with Crippen molar-refractivity contribution in [3.8, 4) is 11.3 Å². The number of fused-ring (bicyclic) bond motifs is 1. The third kappa shape index (κ3) is 2.62. The molecule has 5 heteroatoms. The van der Waals surface area contributed by atoms with Gasteiger partial charge in [0.25, 0.3) is 0 Å². The van der Waals surface area contributed by atoms with Gasteiger partial charge in [-0.05, 0) is 37.6 Å². The predicted octanol–water partition coefficient (Wildman–Crippen LogP) is 3.83. The van der Waals surface area contributed by atoms with Crippen LogP contribution < -0.4 is 5.69 Å². The third-order valence-corrected chi connectivity index (χ3v) is 3.74. The van der Waals surface area contributed by atoms with Crippen LogP contribution in [0, 0.1) is 6.92 Å². The Bertz CT molecular complexity index is 902. The Labute approximate surface area is 133 Å². The Morgan fingerprint density at radius 1 is 1.18 bits per heavy atom. The SMILES string of the molecule is CCCn1c(=O)nc(-c2cccc(Cl)c2)c2ccc(C)nc21. The lowest BCUT2D eigenvalue weighted by Gasteiger charge is -2.12. The normalized spacial score (nSPS) is 11.0. The average molecular weight is 314 g/mol. The lowest BCUT2D eigenvalue weighted by molar-refractivity contribution is 0.654. The predicted molar refractivity (Wildman–Crippen MR) is 89.3 cm³/mol. The minimum atomic E-state index is -0.276. The van der Waals surface area contributed by atoms with E-state index in [1.54, 1.807) is 10.6 Å². The molecule has 112 valence electrons. The lowest BCUT2D eigenvalue weighted by atomic mass is 10.1. The number of hydrogen-bond donors (Lipinski definition) is 0. The fraction of sp³-hybridized carbons (Fsp3) is 0.235. The Kier molecular flexibility index (Phi) is 3.94. The quantitative estimate of drug-likeness (QED) is 0.738. The van der Waals surface area contributed by atoms with E-state index in [1.807, 2.05) is 44.2 Å². The van der Waals surface area contributed by atoms with Gasteiger partial charge < -0.3 is 0 Å². The van der Waals surface area contributed by atoms with E-state index in [1.165, 1.54) is 0 Å². The van der Waals surface area contributed by atoms with Crippen LogP contribution in [0.1, 0.15) is 19.0 Å². The summed E-state index contributed by atoms with van der Waals surface area (Å²) in [6, 6.07) is 11.3. The van der Waals surface area contributed by atoms with Crippen molar-refractivity contribution in [1.82, 2.24) is 14.5 Å². The maximum absolute atomic E-state index is 12.4. The molecule has 0 aliphatic rings. The summed E-state index contributed by atoms with van der Waals surface area (Å²) in [6.07, 6.45) is 0.850. The summed E-state index contributed by atoms with van der Waals surface area (Å²) < 4.78 is 1.64. The van der Waals surface area contributed by atoms with Gasteiger partial charge in [0.15, 0.2) is 0 Å². The van der Waals surface area contributed by atoms with Gasteiger partial charge in [-0.3, -0.25) is 4.57 Å². The molecule has 2 aromatic heterocycles. The molecule has 0 unspecified atom stereocenters. The first-order chi connectivity index (χ1) is 10.6. The first-order valence-corrected chi connectivity index (χ1v) is 7.62. The van der Waals surface area contributed by atoms with Crippen LogP contribution in [-0.2, 0) is 6.54 Å². The number of halogens is 1. The number of pyridine rings is 1. The molecule has 0 spiro atoms. The number of nitrogens with zero attached hydrogens (tertiary/aromatic N) is 3.